The van der Waals surface area contributed by atoms with E-state index in [-0.39, 0.29) is 0 Å². The summed E-state index contributed by atoms with van der Waals surface area (Å²) in [5.41, 5.74) is 0. The summed E-state index contributed by atoms with van der Waals surface area (Å²) in [6.45, 7) is 9.38. The van der Waals surface area contributed by atoms with Crippen LogP contribution in [0.5, 0.6) is 0 Å². The Kier molecular flexibility index (Phi) is 24.5. The first-order chi connectivity index (χ1) is 18.7. The van der Waals surface area contributed by atoms with Gasteiger partial charge in [-0.1, -0.05) is 175 Å². The average molecular weight is 531 g/mol. The highest BCUT2D eigenvalue weighted by molar-refractivity contribution is 5.02. The minimum absolute atomic E-state index is 0.590. The molecule has 0 saturated heterocycles. The molecule has 2 nitrogen and oxygen atoms in total. The fourth-order valence-corrected chi connectivity index (χ4v) is 6.18. The zero-order chi connectivity index (χ0) is 27.5. The molecule has 0 bridgehead atoms. The van der Waals surface area contributed by atoms with Gasteiger partial charge in [-0.2, -0.15) is 0 Å². The van der Waals surface area contributed by atoms with Crippen LogP contribution in [-0.2, 0) is 0 Å². The van der Waals surface area contributed by atoms with Crippen molar-refractivity contribution in [1.29, 1.82) is 0 Å². The van der Waals surface area contributed by atoms with E-state index >= 15 is 0 Å². The van der Waals surface area contributed by atoms with Gasteiger partial charge in [0.25, 0.3) is 0 Å². The summed E-state index contributed by atoms with van der Waals surface area (Å²) in [5.74, 6) is 2.06. The van der Waals surface area contributed by atoms with E-state index in [1.165, 1.54) is 179 Å². The number of hydrogen-bond acceptors (Lipinski definition) is 1. The Morgan fingerprint density at radius 2 is 0.842 bits per heavy atom. The topological polar surface area (TPSA) is 17.8 Å². The van der Waals surface area contributed by atoms with Gasteiger partial charge < -0.3 is 4.57 Å². The van der Waals surface area contributed by atoms with Crippen molar-refractivity contribution in [2.45, 2.75) is 213 Å². The first kappa shape index (κ1) is 35.2. The molecule has 0 aliphatic rings. The van der Waals surface area contributed by atoms with Gasteiger partial charge in [0.05, 0.1) is 0 Å². The molecular weight excluding hydrogens is 460 g/mol. The third kappa shape index (κ3) is 18.5. The Morgan fingerprint density at radius 1 is 0.500 bits per heavy atom. The second kappa shape index (κ2) is 26.4. The quantitative estimate of drug-likeness (QED) is 0.0941. The highest BCUT2D eigenvalue weighted by Gasteiger charge is 2.19. The lowest BCUT2D eigenvalue weighted by molar-refractivity contribution is 0.412. The Hall–Kier alpha value is -0.790. The molecule has 0 saturated carbocycles. The van der Waals surface area contributed by atoms with Crippen molar-refractivity contribution in [1.82, 2.24) is 9.55 Å². The maximum absolute atomic E-state index is 4.97. The summed E-state index contributed by atoms with van der Waals surface area (Å²) >= 11 is 0. The van der Waals surface area contributed by atoms with Gasteiger partial charge >= 0.3 is 0 Å². The fourth-order valence-electron chi connectivity index (χ4n) is 6.18. The van der Waals surface area contributed by atoms with E-state index in [2.05, 4.69) is 44.7 Å². The van der Waals surface area contributed by atoms with Gasteiger partial charge in [0.15, 0.2) is 0 Å². The van der Waals surface area contributed by atoms with Crippen molar-refractivity contribution in [3.63, 3.8) is 0 Å². The van der Waals surface area contributed by atoms with E-state index in [1.54, 1.807) is 0 Å². The predicted octanol–water partition coefficient (Wildman–Crippen LogP) is 13.1. The lowest BCUT2D eigenvalue weighted by Crippen LogP contribution is -2.13. The number of rotatable bonds is 29. The predicted molar refractivity (Wildman–Crippen MR) is 171 cm³/mol. The molecule has 0 aliphatic heterocycles. The van der Waals surface area contributed by atoms with Crippen LogP contribution in [0.1, 0.15) is 219 Å². The largest absolute Gasteiger partial charge is 0.332 e. The zero-order valence-electron chi connectivity index (χ0n) is 26.8. The van der Waals surface area contributed by atoms with Crippen LogP contribution in [0.4, 0.5) is 0 Å². The number of nitrogens with zero attached hydrogens (tertiary/aromatic N) is 2. The molecular formula is C36H70N2. The fraction of sp³-hybridized carbons (Fsp3) is 0.917. The molecule has 1 aromatic rings. The Bertz CT molecular complexity index is 576. The molecule has 0 spiro atoms. The van der Waals surface area contributed by atoms with Crippen LogP contribution in [0.2, 0.25) is 0 Å². The third-order valence-electron chi connectivity index (χ3n) is 8.83. The lowest BCUT2D eigenvalue weighted by Gasteiger charge is -2.22. The van der Waals surface area contributed by atoms with Crippen LogP contribution in [0.15, 0.2) is 12.4 Å². The van der Waals surface area contributed by atoms with Crippen molar-refractivity contribution >= 4 is 0 Å². The molecule has 0 radical (unpaired) electrons. The Labute approximate surface area is 240 Å². The highest BCUT2D eigenvalue weighted by atomic mass is 15.1. The number of imidazole rings is 1. The minimum atomic E-state index is 0.590. The van der Waals surface area contributed by atoms with E-state index in [4.69, 9.17) is 4.98 Å². The zero-order valence-corrected chi connectivity index (χ0v) is 26.8. The van der Waals surface area contributed by atoms with Crippen LogP contribution in [0.25, 0.3) is 0 Å². The average Bonchev–Trinajstić information content (AvgIpc) is 3.42. The molecule has 1 unspecified atom stereocenters. The summed E-state index contributed by atoms with van der Waals surface area (Å²) in [6, 6.07) is 0.590. The number of unbranched alkanes of at least 4 members (excludes halogenated alkanes) is 21. The second-order valence-corrected chi connectivity index (χ2v) is 12.5. The highest BCUT2D eigenvalue weighted by Crippen LogP contribution is 2.30. The molecule has 224 valence electrons. The summed E-state index contributed by atoms with van der Waals surface area (Å²) in [5, 5.41) is 0. The van der Waals surface area contributed by atoms with E-state index < -0.39 is 0 Å². The van der Waals surface area contributed by atoms with Gasteiger partial charge in [0.2, 0.25) is 0 Å². The van der Waals surface area contributed by atoms with E-state index in [0.29, 0.717) is 12.0 Å². The van der Waals surface area contributed by atoms with Gasteiger partial charge in [-0.3, -0.25) is 0 Å². The monoisotopic (exact) mass is 531 g/mol. The molecule has 1 heterocycles. The van der Waals surface area contributed by atoms with Crippen LogP contribution in [0, 0.1) is 0 Å². The Balaban J connectivity index is 2.37. The molecule has 1 atom stereocenters. The molecule has 1 rings (SSSR count). The van der Waals surface area contributed by atoms with E-state index in [9.17, 15) is 0 Å². The van der Waals surface area contributed by atoms with Crippen LogP contribution >= 0.6 is 0 Å². The van der Waals surface area contributed by atoms with Gasteiger partial charge in [0, 0.05) is 24.4 Å². The van der Waals surface area contributed by atoms with Crippen LogP contribution in [0.3, 0.4) is 0 Å². The standard InChI is InChI=1S/C36H70N2/c1-5-8-11-14-17-18-19-20-21-22-23-26-29-34(4)38-33-32-37-36(38)35(30-27-24-15-12-9-6-2)31-28-25-16-13-10-7-3/h32-35H,5-31H2,1-4H3. The third-order valence-corrected chi connectivity index (χ3v) is 8.83. The molecule has 0 fully saturated rings. The van der Waals surface area contributed by atoms with Gasteiger partial charge in [0.1, 0.15) is 5.82 Å². The molecule has 0 N–H and O–H groups in total. The first-order valence-corrected chi connectivity index (χ1v) is 17.8. The van der Waals surface area contributed by atoms with Crippen molar-refractivity contribution < 1.29 is 0 Å². The Morgan fingerprint density at radius 3 is 1.24 bits per heavy atom. The van der Waals surface area contributed by atoms with E-state index in [0.717, 1.165) is 0 Å². The SMILES string of the molecule is CCCCCCCCCCCCCCC(C)n1ccnc1C(CCCCCCCC)CCCCCCCC. The number of hydrogen-bond donors (Lipinski definition) is 0. The van der Waals surface area contributed by atoms with Crippen molar-refractivity contribution in [2.24, 2.45) is 0 Å². The minimum Gasteiger partial charge on any atom is -0.332 e. The molecule has 0 aliphatic carbocycles. The normalized spacial score (nSPS) is 12.6. The molecule has 1 aromatic heterocycles. The first-order valence-electron chi connectivity index (χ1n) is 17.8. The summed E-state index contributed by atoms with van der Waals surface area (Å²) in [7, 11) is 0. The van der Waals surface area contributed by atoms with E-state index in [1.807, 2.05) is 0 Å². The number of aromatic nitrogens is 2. The lowest BCUT2D eigenvalue weighted by atomic mass is 9.93. The van der Waals surface area contributed by atoms with Gasteiger partial charge in [-0.15, -0.1) is 0 Å². The second-order valence-electron chi connectivity index (χ2n) is 12.5. The van der Waals surface area contributed by atoms with Gasteiger partial charge in [-0.05, 0) is 26.2 Å². The van der Waals surface area contributed by atoms with Crippen molar-refractivity contribution in [2.75, 3.05) is 0 Å². The molecule has 38 heavy (non-hydrogen) atoms. The summed E-state index contributed by atoms with van der Waals surface area (Å²) in [4.78, 5) is 4.97. The van der Waals surface area contributed by atoms with Crippen molar-refractivity contribution in [3.05, 3.63) is 18.2 Å². The van der Waals surface area contributed by atoms with Crippen LogP contribution < -0.4 is 0 Å². The van der Waals surface area contributed by atoms with Gasteiger partial charge in [-0.25, -0.2) is 4.98 Å². The maximum Gasteiger partial charge on any atom is 0.111 e. The molecule has 0 aromatic carbocycles. The van der Waals surface area contributed by atoms with Crippen LogP contribution in [-0.4, -0.2) is 9.55 Å². The smallest absolute Gasteiger partial charge is 0.111 e. The maximum atomic E-state index is 4.97. The molecule has 2 heteroatoms. The summed E-state index contributed by atoms with van der Waals surface area (Å²) in [6.07, 6.45) is 42.3. The molecule has 0 amide bonds. The van der Waals surface area contributed by atoms with Crippen molar-refractivity contribution in [3.8, 4) is 0 Å². The summed E-state index contributed by atoms with van der Waals surface area (Å²) < 4.78 is 2.57.